The van der Waals surface area contributed by atoms with Gasteiger partial charge in [0, 0.05) is 28.9 Å². The zero-order valence-corrected chi connectivity index (χ0v) is 20.2. The lowest BCUT2D eigenvalue weighted by atomic mass is 10.0. The molecule has 200 valence electrons. The summed E-state index contributed by atoms with van der Waals surface area (Å²) < 4.78 is 98.6. The molecule has 3 aromatic rings. The summed E-state index contributed by atoms with van der Waals surface area (Å²) in [5, 5.41) is 10.3. The number of aliphatic hydroxyl groups is 1. The van der Waals surface area contributed by atoms with Crippen LogP contribution in [0.4, 0.5) is 36.4 Å². The van der Waals surface area contributed by atoms with Crippen LogP contribution in [0.1, 0.15) is 23.6 Å². The predicted octanol–water partition coefficient (Wildman–Crippen LogP) is 7.98. The molecule has 0 unspecified atom stereocenters. The number of alkyl halides is 7. The van der Waals surface area contributed by atoms with Gasteiger partial charge in [-0.2, -0.15) is 22.0 Å². The molecule has 0 heterocycles. The van der Waals surface area contributed by atoms with Gasteiger partial charge in [0.15, 0.2) is 6.10 Å². The number of aryl methyl sites for hydroxylation is 1. The highest BCUT2D eigenvalue weighted by Crippen LogP contribution is 2.36. The molecule has 0 spiro atoms. The Kier molecular flexibility index (Phi) is 8.96. The van der Waals surface area contributed by atoms with E-state index < -0.39 is 36.7 Å². The lowest BCUT2D eigenvalue weighted by molar-refractivity contribution is -0.200. The Bertz CT molecular complexity index is 1200. The van der Waals surface area contributed by atoms with Gasteiger partial charge in [-0.1, -0.05) is 42.8 Å². The van der Waals surface area contributed by atoms with Crippen molar-refractivity contribution in [2.24, 2.45) is 0 Å². The van der Waals surface area contributed by atoms with Crippen molar-refractivity contribution in [1.82, 2.24) is 0 Å². The molecule has 3 nitrogen and oxygen atoms in total. The molecule has 0 amide bonds. The van der Waals surface area contributed by atoms with Gasteiger partial charge in [-0.25, -0.2) is 8.78 Å². The van der Waals surface area contributed by atoms with E-state index in [2.05, 4.69) is 0 Å². The molecule has 0 bridgehead atoms. The lowest BCUT2D eigenvalue weighted by Gasteiger charge is -2.29. The lowest BCUT2D eigenvalue weighted by Crippen LogP contribution is -2.41. The van der Waals surface area contributed by atoms with Gasteiger partial charge in [0.1, 0.15) is 11.5 Å². The number of nitrogens with zero attached hydrogens (tertiary/aromatic N) is 1. The Hall–Kier alpha value is -2.98. The van der Waals surface area contributed by atoms with Crippen LogP contribution in [-0.4, -0.2) is 30.4 Å². The maximum atomic E-state index is 13.8. The third-order valence-electron chi connectivity index (χ3n) is 5.55. The molecule has 0 aliphatic carbocycles. The molecule has 3 rings (SSSR count). The fourth-order valence-corrected chi connectivity index (χ4v) is 3.81. The molecule has 0 saturated carbocycles. The highest BCUT2D eigenvalue weighted by molar-refractivity contribution is 6.31. The molecule has 0 fully saturated rings. The second-order valence-electron chi connectivity index (χ2n) is 8.27. The van der Waals surface area contributed by atoms with Gasteiger partial charge in [0.2, 0.25) is 0 Å². The quantitative estimate of drug-likeness (QED) is 0.260. The molecule has 0 aliphatic heterocycles. The summed E-state index contributed by atoms with van der Waals surface area (Å²) in [4.78, 5) is 1.10. The van der Waals surface area contributed by atoms with E-state index in [9.17, 15) is 35.8 Å². The summed E-state index contributed by atoms with van der Waals surface area (Å²) in [5.74, 6) is -3.75. The van der Waals surface area contributed by atoms with E-state index in [-0.39, 0.29) is 23.5 Å². The van der Waals surface area contributed by atoms with Crippen molar-refractivity contribution in [3.63, 3.8) is 0 Å². The van der Waals surface area contributed by atoms with Gasteiger partial charge in [0.05, 0.1) is 6.54 Å². The topological polar surface area (TPSA) is 32.7 Å². The van der Waals surface area contributed by atoms with Crippen molar-refractivity contribution in [1.29, 1.82) is 0 Å². The highest BCUT2D eigenvalue weighted by atomic mass is 35.5. The number of halogens is 8. The van der Waals surface area contributed by atoms with Crippen molar-refractivity contribution < 1.29 is 40.6 Å². The van der Waals surface area contributed by atoms with Gasteiger partial charge < -0.3 is 14.7 Å². The predicted molar refractivity (Wildman–Crippen MR) is 127 cm³/mol. The normalized spacial score (nSPS) is 13.1. The second-order valence-corrected chi connectivity index (χ2v) is 8.68. The van der Waals surface area contributed by atoms with Crippen LogP contribution in [0.5, 0.6) is 11.5 Å². The third-order valence-corrected chi connectivity index (χ3v) is 5.92. The van der Waals surface area contributed by atoms with Crippen LogP contribution in [0, 0.1) is 0 Å². The van der Waals surface area contributed by atoms with Gasteiger partial charge in [0.25, 0.3) is 0 Å². The number of anilines is 1. The summed E-state index contributed by atoms with van der Waals surface area (Å²) in [6, 6.07) is 15.0. The largest absolute Gasteiger partial charge is 0.457 e. The first-order valence-corrected chi connectivity index (χ1v) is 11.5. The first kappa shape index (κ1) is 28.6. The summed E-state index contributed by atoms with van der Waals surface area (Å²) in [6.45, 7) is 0.579. The number of hydrogen-bond acceptors (Lipinski definition) is 3. The van der Waals surface area contributed by atoms with Gasteiger partial charge in [-0.05, 0) is 53.9 Å². The molecular weight excluding hydrogens is 527 g/mol. The molecule has 0 radical (unpaired) electrons. The number of benzene rings is 3. The minimum absolute atomic E-state index is 0.0452. The fraction of sp³-hybridized carbons (Fsp3) is 0.308. The average molecular weight is 550 g/mol. The van der Waals surface area contributed by atoms with Gasteiger partial charge in [-0.3, -0.25) is 0 Å². The smallest absolute Gasteiger partial charge is 0.416 e. The van der Waals surface area contributed by atoms with Crippen LogP contribution >= 0.6 is 11.6 Å². The Morgan fingerprint density at radius 1 is 0.919 bits per heavy atom. The second kappa shape index (κ2) is 11.6. The Morgan fingerprint density at radius 3 is 2.24 bits per heavy atom. The maximum Gasteiger partial charge on any atom is 0.416 e. The van der Waals surface area contributed by atoms with Crippen molar-refractivity contribution in [2.75, 3.05) is 11.4 Å². The standard InChI is InChI=1S/C26H23ClF7NO2/c1-2-17-12-21(9-10-22(17)27)37-20-8-4-7-19(13-20)35(15-23(36)26(32,33)34)14-16-5-3-6-18(11-16)25(30,31)24(28)29/h3-13,23-24,36H,2,14-15H2,1H3/t23-/m1/s1. The van der Waals surface area contributed by atoms with E-state index in [0.717, 1.165) is 28.7 Å². The first-order chi connectivity index (χ1) is 17.3. The molecule has 37 heavy (non-hydrogen) atoms. The Morgan fingerprint density at radius 2 is 1.59 bits per heavy atom. The Balaban J connectivity index is 1.93. The van der Waals surface area contributed by atoms with Crippen molar-refractivity contribution in [2.45, 2.75) is 44.5 Å². The fourth-order valence-electron chi connectivity index (χ4n) is 3.56. The third kappa shape index (κ3) is 7.29. The number of ether oxygens (including phenoxy) is 1. The van der Waals surface area contributed by atoms with Crippen molar-refractivity contribution >= 4 is 17.3 Å². The molecule has 0 aliphatic rings. The SMILES string of the molecule is CCc1cc(Oc2cccc(N(Cc3cccc(C(F)(F)C(F)F)c3)C[C@@H](O)C(F)(F)F)c2)ccc1Cl. The monoisotopic (exact) mass is 549 g/mol. The van der Waals surface area contributed by atoms with Crippen LogP contribution in [0.3, 0.4) is 0 Å². The minimum Gasteiger partial charge on any atom is -0.457 e. The van der Waals surface area contributed by atoms with E-state index in [1.165, 1.54) is 24.3 Å². The molecule has 1 N–H and O–H groups in total. The molecule has 3 aromatic carbocycles. The summed E-state index contributed by atoms with van der Waals surface area (Å²) >= 11 is 6.12. The zero-order valence-electron chi connectivity index (χ0n) is 19.5. The van der Waals surface area contributed by atoms with Crippen LogP contribution in [0.2, 0.25) is 5.02 Å². The summed E-state index contributed by atoms with van der Waals surface area (Å²) in [6.07, 6.45) is -11.0. The number of hydrogen-bond donors (Lipinski definition) is 1. The van der Waals surface area contributed by atoms with Crippen LogP contribution in [0.25, 0.3) is 0 Å². The van der Waals surface area contributed by atoms with E-state index >= 15 is 0 Å². The average Bonchev–Trinajstić information content (AvgIpc) is 2.84. The summed E-state index contributed by atoms with van der Waals surface area (Å²) in [5.41, 5.74) is 0.0777. The molecular formula is C26H23ClF7NO2. The van der Waals surface area contributed by atoms with Crippen LogP contribution in [-0.2, 0) is 18.9 Å². The van der Waals surface area contributed by atoms with Crippen molar-refractivity contribution in [3.8, 4) is 11.5 Å². The van der Waals surface area contributed by atoms with Gasteiger partial charge >= 0.3 is 18.5 Å². The molecule has 1 atom stereocenters. The first-order valence-electron chi connectivity index (χ1n) is 11.1. The number of rotatable bonds is 10. The van der Waals surface area contributed by atoms with E-state index in [4.69, 9.17) is 16.3 Å². The zero-order chi connectivity index (χ0) is 27.4. The van der Waals surface area contributed by atoms with Crippen LogP contribution in [0.15, 0.2) is 66.7 Å². The minimum atomic E-state index is -4.95. The maximum absolute atomic E-state index is 13.8. The van der Waals surface area contributed by atoms with Crippen LogP contribution < -0.4 is 9.64 Å². The van der Waals surface area contributed by atoms with Crippen molar-refractivity contribution in [3.05, 3.63) is 88.4 Å². The number of aliphatic hydroxyl groups excluding tert-OH is 1. The Labute approximate surface area is 214 Å². The highest BCUT2D eigenvalue weighted by Gasteiger charge is 2.43. The molecule has 0 saturated heterocycles. The van der Waals surface area contributed by atoms with E-state index in [1.807, 2.05) is 6.92 Å². The van der Waals surface area contributed by atoms with E-state index in [1.54, 1.807) is 24.3 Å². The molecule has 0 aromatic heterocycles. The van der Waals surface area contributed by atoms with Gasteiger partial charge in [-0.15, -0.1) is 0 Å². The summed E-state index contributed by atoms with van der Waals surface area (Å²) in [7, 11) is 0. The van der Waals surface area contributed by atoms with E-state index in [0.29, 0.717) is 17.2 Å². The molecule has 11 heteroatoms.